The average molecular weight is 291 g/mol. The molecule has 0 radical (unpaired) electrons. The molecule has 0 bridgehead atoms. The summed E-state index contributed by atoms with van der Waals surface area (Å²) in [4.78, 5) is 0. The molecular formula is C13H29N3O2S. The van der Waals surface area contributed by atoms with Crippen molar-refractivity contribution in [3.05, 3.63) is 12.7 Å². The minimum atomic E-state index is -3.39. The monoisotopic (exact) mass is 291 g/mol. The highest BCUT2D eigenvalue weighted by Gasteiger charge is 2.27. The summed E-state index contributed by atoms with van der Waals surface area (Å²) in [7, 11) is -1.76. The van der Waals surface area contributed by atoms with Crippen LogP contribution in [0.25, 0.3) is 0 Å². The zero-order valence-electron chi connectivity index (χ0n) is 12.7. The highest BCUT2D eigenvalue weighted by molar-refractivity contribution is 7.86. The molecule has 0 saturated carbocycles. The van der Waals surface area contributed by atoms with Gasteiger partial charge >= 0.3 is 0 Å². The van der Waals surface area contributed by atoms with E-state index in [0.717, 1.165) is 25.9 Å². The fraction of sp³-hybridized carbons (Fsp3) is 0.846. The highest BCUT2D eigenvalue weighted by atomic mass is 32.2. The van der Waals surface area contributed by atoms with Gasteiger partial charge < -0.3 is 5.32 Å². The van der Waals surface area contributed by atoms with E-state index in [1.165, 1.54) is 8.61 Å². The molecule has 1 N–H and O–H groups in total. The van der Waals surface area contributed by atoms with Crippen molar-refractivity contribution in [2.75, 3.05) is 33.2 Å². The van der Waals surface area contributed by atoms with Gasteiger partial charge in [0.25, 0.3) is 10.2 Å². The van der Waals surface area contributed by atoms with Gasteiger partial charge in [0.2, 0.25) is 0 Å². The van der Waals surface area contributed by atoms with Crippen LogP contribution in [-0.2, 0) is 10.2 Å². The van der Waals surface area contributed by atoms with Crippen molar-refractivity contribution < 1.29 is 8.42 Å². The number of hydrogen-bond acceptors (Lipinski definition) is 3. The van der Waals surface area contributed by atoms with Gasteiger partial charge in [-0.1, -0.05) is 13.0 Å². The van der Waals surface area contributed by atoms with Crippen LogP contribution in [0.5, 0.6) is 0 Å². The Morgan fingerprint density at radius 2 is 1.95 bits per heavy atom. The van der Waals surface area contributed by atoms with Crippen LogP contribution in [0.3, 0.4) is 0 Å². The molecule has 114 valence electrons. The van der Waals surface area contributed by atoms with Crippen LogP contribution in [0.1, 0.15) is 33.6 Å². The van der Waals surface area contributed by atoms with Crippen LogP contribution in [0, 0.1) is 0 Å². The SMILES string of the molecule is C=CCN(C(C)C)S(=O)(=O)N(C)CCCNCCC. The van der Waals surface area contributed by atoms with Crippen molar-refractivity contribution in [3.8, 4) is 0 Å². The standard InChI is InChI=1S/C13H29N3O2S/c1-6-9-14-10-8-12-15(5)19(17,18)16(11-7-2)13(3)4/h7,13-14H,2,6,8-12H2,1,3-5H3. The van der Waals surface area contributed by atoms with E-state index in [0.29, 0.717) is 13.1 Å². The molecule has 0 aromatic carbocycles. The molecule has 5 nitrogen and oxygen atoms in total. The molecule has 19 heavy (non-hydrogen) atoms. The fourth-order valence-corrected chi connectivity index (χ4v) is 3.27. The highest BCUT2D eigenvalue weighted by Crippen LogP contribution is 2.11. The van der Waals surface area contributed by atoms with Crippen molar-refractivity contribution in [2.24, 2.45) is 0 Å². The predicted molar refractivity (Wildman–Crippen MR) is 81.4 cm³/mol. The average Bonchev–Trinajstić information content (AvgIpc) is 2.34. The third-order valence-corrected chi connectivity index (χ3v) is 4.96. The van der Waals surface area contributed by atoms with Crippen molar-refractivity contribution in [3.63, 3.8) is 0 Å². The Morgan fingerprint density at radius 3 is 2.42 bits per heavy atom. The van der Waals surface area contributed by atoms with E-state index in [-0.39, 0.29) is 6.04 Å². The summed E-state index contributed by atoms with van der Waals surface area (Å²) in [6.45, 7) is 12.2. The number of hydrogen-bond donors (Lipinski definition) is 1. The van der Waals surface area contributed by atoms with Crippen LogP contribution < -0.4 is 5.32 Å². The second-order valence-electron chi connectivity index (χ2n) is 4.88. The molecule has 0 atom stereocenters. The summed E-state index contributed by atoms with van der Waals surface area (Å²) in [5, 5.41) is 3.27. The second kappa shape index (κ2) is 9.47. The quantitative estimate of drug-likeness (QED) is 0.463. The Labute approximate surface area is 118 Å². The van der Waals surface area contributed by atoms with E-state index in [1.807, 2.05) is 13.8 Å². The van der Waals surface area contributed by atoms with Crippen LogP contribution in [0.4, 0.5) is 0 Å². The zero-order chi connectivity index (χ0) is 14.9. The van der Waals surface area contributed by atoms with E-state index in [9.17, 15) is 8.42 Å². The van der Waals surface area contributed by atoms with Crippen molar-refractivity contribution >= 4 is 10.2 Å². The van der Waals surface area contributed by atoms with Crippen LogP contribution in [0.15, 0.2) is 12.7 Å². The molecule has 0 aromatic rings. The smallest absolute Gasteiger partial charge is 0.282 e. The zero-order valence-corrected chi connectivity index (χ0v) is 13.5. The van der Waals surface area contributed by atoms with Crippen LogP contribution in [-0.4, -0.2) is 56.3 Å². The molecule has 0 fully saturated rings. The first-order valence-corrected chi connectivity index (χ1v) is 8.32. The fourth-order valence-electron chi connectivity index (χ4n) is 1.72. The van der Waals surface area contributed by atoms with Gasteiger partial charge in [-0.05, 0) is 39.8 Å². The van der Waals surface area contributed by atoms with Gasteiger partial charge in [-0.3, -0.25) is 0 Å². The van der Waals surface area contributed by atoms with Crippen LogP contribution in [0.2, 0.25) is 0 Å². The molecule has 0 aliphatic rings. The number of rotatable bonds is 11. The summed E-state index contributed by atoms with van der Waals surface area (Å²) < 4.78 is 27.6. The van der Waals surface area contributed by atoms with E-state index < -0.39 is 10.2 Å². The van der Waals surface area contributed by atoms with Gasteiger partial charge in [0.05, 0.1) is 0 Å². The lowest BCUT2D eigenvalue weighted by Gasteiger charge is -2.29. The van der Waals surface area contributed by atoms with E-state index >= 15 is 0 Å². The van der Waals surface area contributed by atoms with Gasteiger partial charge in [-0.15, -0.1) is 6.58 Å². The lowest BCUT2D eigenvalue weighted by atomic mass is 10.4. The van der Waals surface area contributed by atoms with Gasteiger partial charge in [-0.25, -0.2) is 0 Å². The minimum absolute atomic E-state index is 0.0660. The molecule has 0 amide bonds. The third kappa shape index (κ3) is 6.51. The molecule has 0 rings (SSSR count). The topological polar surface area (TPSA) is 52.7 Å². The summed E-state index contributed by atoms with van der Waals surface area (Å²) in [5.74, 6) is 0. The first-order valence-electron chi connectivity index (χ1n) is 6.92. The normalized spacial score (nSPS) is 12.6. The predicted octanol–water partition coefficient (Wildman–Crippen LogP) is 1.45. The van der Waals surface area contributed by atoms with E-state index in [4.69, 9.17) is 0 Å². The molecule has 0 aliphatic carbocycles. The van der Waals surface area contributed by atoms with Gasteiger partial charge in [-0.2, -0.15) is 17.0 Å². The maximum atomic E-state index is 12.4. The molecular weight excluding hydrogens is 262 g/mol. The van der Waals surface area contributed by atoms with Gasteiger partial charge in [0.15, 0.2) is 0 Å². The summed E-state index contributed by atoms with van der Waals surface area (Å²) in [6, 6.07) is -0.0660. The second-order valence-corrected chi connectivity index (χ2v) is 6.87. The van der Waals surface area contributed by atoms with Gasteiger partial charge in [0.1, 0.15) is 0 Å². The number of nitrogens with one attached hydrogen (secondary N) is 1. The first-order chi connectivity index (χ1) is 8.87. The van der Waals surface area contributed by atoms with E-state index in [1.54, 1.807) is 13.1 Å². The van der Waals surface area contributed by atoms with Crippen molar-refractivity contribution in [2.45, 2.75) is 39.7 Å². The Balaban J connectivity index is 4.40. The van der Waals surface area contributed by atoms with Crippen molar-refractivity contribution in [1.82, 2.24) is 13.9 Å². The molecule has 0 aliphatic heterocycles. The summed E-state index contributed by atoms with van der Waals surface area (Å²) in [5.41, 5.74) is 0. The summed E-state index contributed by atoms with van der Waals surface area (Å²) >= 11 is 0. The van der Waals surface area contributed by atoms with E-state index in [2.05, 4.69) is 18.8 Å². The summed E-state index contributed by atoms with van der Waals surface area (Å²) in [6.07, 6.45) is 3.53. The van der Waals surface area contributed by atoms with Gasteiger partial charge in [0, 0.05) is 26.2 Å². The lowest BCUT2D eigenvalue weighted by molar-refractivity contribution is 0.336. The Hall–Kier alpha value is -0.430. The largest absolute Gasteiger partial charge is 0.317 e. The number of nitrogens with zero attached hydrogens (tertiary/aromatic N) is 2. The molecule has 0 heterocycles. The Bertz CT molecular complexity index is 342. The molecule has 6 heteroatoms. The molecule has 0 unspecified atom stereocenters. The lowest BCUT2D eigenvalue weighted by Crippen LogP contribution is -2.46. The Kier molecular flexibility index (Phi) is 9.26. The molecule has 0 aromatic heterocycles. The minimum Gasteiger partial charge on any atom is -0.317 e. The third-order valence-electron chi connectivity index (χ3n) is 2.83. The van der Waals surface area contributed by atoms with Crippen molar-refractivity contribution in [1.29, 1.82) is 0 Å². The maximum Gasteiger partial charge on any atom is 0.282 e. The Morgan fingerprint density at radius 1 is 1.32 bits per heavy atom. The molecule has 0 saturated heterocycles. The maximum absolute atomic E-state index is 12.4. The molecule has 0 spiro atoms. The first kappa shape index (κ1) is 18.6. The van der Waals surface area contributed by atoms with Crippen LogP contribution >= 0.6 is 0 Å².